The molecule has 1 aliphatic rings. The molecule has 0 spiro atoms. The van der Waals surface area contributed by atoms with Gasteiger partial charge in [-0.1, -0.05) is 30.5 Å². The fraction of sp³-hybridized carbons (Fsp3) is 0.438. The molecule has 0 unspecified atom stereocenters. The first kappa shape index (κ1) is 14.4. The Balaban J connectivity index is 2.08. The zero-order valence-electron chi connectivity index (χ0n) is 12.1. The number of nitrogens with two attached hydrogens (primary N) is 1. The molecule has 2 N–H and O–H groups in total. The Bertz CT molecular complexity index is 660. The van der Waals surface area contributed by atoms with Crippen molar-refractivity contribution in [1.82, 2.24) is 9.55 Å². The molecule has 1 heterocycles. The van der Waals surface area contributed by atoms with Crippen molar-refractivity contribution in [1.29, 1.82) is 0 Å². The van der Waals surface area contributed by atoms with Crippen molar-refractivity contribution in [3.63, 3.8) is 0 Å². The van der Waals surface area contributed by atoms with Gasteiger partial charge in [0, 0.05) is 18.0 Å². The maximum absolute atomic E-state index is 13.7. The second-order valence-corrected chi connectivity index (χ2v) is 5.97. The maximum atomic E-state index is 13.7. The third-order valence-corrected chi connectivity index (χ3v) is 4.57. The van der Waals surface area contributed by atoms with Crippen LogP contribution in [0.2, 0.25) is 5.02 Å². The summed E-state index contributed by atoms with van der Waals surface area (Å²) in [6.07, 6.45) is 4.80. The lowest BCUT2D eigenvalue weighted by Gasteiger charge is -2.11. The van der Waals surface area contributed by atoms with Crippen molar-refractivity contribution in [2.75, 3.05) is 5.73 Å². The highest BCUT2D eigenvalue weighted by Gasteiger charge is 2.25. The van der Waals surface area contributed by atoms with Gasteiger partial charge in [-0.15, -0.1) is 0 Å². The number of hydrogen-bond donors (Lipinski definition) is 1. The molecule has 0 aliphatic heterocycles. The molecule has 1 fully saturated rings. The van der Waals surface area contributed by atoms with Crippen LogP contribution < -0.4 is 5.73 Å². The molecular formula is C16H19ClFN3. The van der Waals surface area contributed by atoms with E-state index >= 15 is 0 Å². The number of rotatable bonds is 3. The molecular weight excluding hydrogens is 289 g/mol. The second kappa shape index (κ2) is 5.68. The molecule has 3 nitrogen and oxygen atoms in total. The molecule has 3 rings (SSSR count). The highest BCUT2D eigenvalue weighted by molar-refractivity contribution is 6.30. The molecule has 1 aromatic heterocycles. The lowest BCUT2D eigenvalue weighted by Crippen LogP contribution is -2.08. The van der Waals surface area contributed by atoms with Gasteiger partial charge in [-0.25, -0.2) is 9.37 Å². The number of anilines is 1. The van der Waals surface area contributed by atoms with Crippen LogP contribution >= 0.6 is 11.6 Å². The molecule has 0 bridgehead atoms. The predicted octanol–water partition coefficient (Wildman–Crippen LogP) is 4.60. The lowest BCUT2D eigenvalue weighted by molar-refractivity contribution is 0.604. The summed E-state index contributed by atoms with van der Waals surface area (Å²) in [6, 6.07) is 4.72. The van der Waals surface area contributed by atoms with Gasteiger partial charge in [0.15, 0.2) is 0 Å². The van der Waals surface area contributed by atoms with Crippen LogP contribution in [0.3, 0.4) is 0 Å². The normalized spacial score (nSPS) is 15.8. The van der Waals surface area contributed by atoms with Gasteiger partial charge in [0.2, 0.25) is 0 Å². The standard InChI is InChI=1S/C16H19ClFN3/c1-2-21-15(19)14(11-7-8-12(17)13(18)9-11)20-16(21)10-5-3-4-6-10/h7-10H,2-6,19H2,1H3. The van der Waals surface area contributed by atoms with E-state index in [2.05, 4.69) is 11.5 Å². The monoisotopic (exact) mass is 307 g/mol. The van der Waals surface area contributed by atoms with Crippen LogP contribution in [0.15, 0.2) is 18.2 Å². The van der Waals surface area contributed by atoms with Gasteiger partial charge in [0.25, 0.3) is 0 Å². The van der Waals surface area contributed by atoms with Gasteiger partial charge in [-0.3, -0.25) is 0 Å². The smallest absolute Gasteiger partial charge is 0.142 e. The Kier molecular flexibility index (Phi) is 3.89. The van der Waals surface area contributed by atoms with Gasteiger partial charge >= 0.3 is 0 Å². The highest BCUT2D eigenvalue weighted by Crippen LogP contribution is 2.37. The molecule has 0 amide bonds. The fourth-order valence-corrected chi connectivity index (χ4v) is 3.28. The van der Waals surface area contributed by atoms with Crippen LogP contribution in [-0.4, -0.2) is 9.55 Å². The van der Waals surface area contributed by atoms with Gasteiger partial charge in [-0.05, 0) is 31.9 Å². The van der Waals surface area contributed by atoms with E-state index in [0.717, 1.165) is 25.2 Å². The van der Waals surface area contributed by atoms with E-state index < -0.39 is 5.82 Å². The first-order valence-electron chi connectivity index (χ1n) is 7.43. The number of aromatic nitrogens is 2. The summed E-state index contributed by atoms with van der Waals surface area (Å²) in [5.74, 6) is 1.68. The Morgan fingerprint density at radius 3 is 2.71 bits per heavy atom. The topological polar surface area (TPSA) is 43.8 Å². The molecule has 21 heavy (non-hydrogen) atoms. The van der Waals surface area contributed by atoms with Crippen molar-refractivity contribution in [3.05, 3.63) is 34.9 Å². The average molecular weight is 308 g/mol. The largest absolute Gasteiger partial charge is 0.383 e. The second-order valence-electron chi connectivity index (χ2n) is 5.56. The van der Waals surface area contributed by atoms with E-state index in [9.17, 15) is 4.39 Å². The first-order chi connectivity index (χ1) is 10.1. The Morgan fingerprint density at radius 2 is 2.10 bits per heavy atom. The van der Waals surface area contributed by atoms with Crippen LogP contribution in [0.5, 0.6) is 0 Å². The number of nitrogens with zero attached hydrogens (tertiary/aromatic N) is 2. The number of halogens is 2. The third kappa shape index (κ3) is 2.53. The van der Waals surface area contributed by atoms with E-state index in [4.69, 9.17) is 22.3 Å². The number of imidazole rings is 1. The summed E-state index contributed by atoms with van der Waals surface area (Å²) in [6.45, 7) is 2.84. The van der Waals surface area contributed by atoms with E-state index in [1.165, 1.54) is 18.9 Å². The summed E-state index contributed by atoms with van der Waals surface area (Å²) < 4.78 is 15.7. The number of benzene rings is 1. The fourth-order valence-electron chi connectivity index (χ4n) is 3.17. The molecule has 2 aromatic rings. The Morgan fingerprint density at radius 1 is 1.38 bits per heavy atom. The van der Waals surface area contributed by atoms with Crippen molar-refractivity contribution in [2.24, 2.45) is 0 Å². The minimum absolute atomic E-state index is 0.114. The van der Waals surface area contributed by atoms with E-state index in [1.807, 2.05) is 0 Å². The van der Waals surface area contributed by atoms with Gasteiger partial charge < -0.3 is 10.3 Å². The molecule has 0 atom stereocenters. The van der Waals surface area contributed by atoms with Gasteiger partial charge in [0.1, 0.15) is 23.2 Å². The summed E-state index contributed by atoms with van der Waals surface area (Å²) in [5, 5.41) is 0.114. The summed E-state index contributed by atoms with van der Waals surface area (Å²) >= 11 is 5.74. The number of hydrogen-bond acceptors (Lipinski definition) is 2. The van der Waals surface area contributed by atoms with Crippen LogP contribution in [-0.2, 0) is 6.54 Å². The van der Waals surface area contributed by atoms with Crippen LogP contribution in [0.1, 0.15) is 44.3 Å². The molecule has 1 aromatic carbocycles. The molecule has 0 saturated heterocycles. The van der Waals surface area contributed by atoms with Crippen LogP contribution in [0, 0.1) is 5.82 Å². The summed E-state index contributed by atoms with van der Waals surface area (Å²) in [4.78, 5) is 4.73. The van der Waals surface area contributed by atoms with Crippen molar-refractivity contribution < 1.29 is 4.39 Å². The quantitative estimate of drug-likeness (QED) is 0.900. The zero-order chi connectivity index (χ0) is 15.0. The predicted molar refractivity (Wildman–Crippen MR) is 83.9 cm³/mol. The molecule has 5 heteroatoms. The first-order valence-corrected chi connectivity index (χ1v) is 7.81. The van der Waals surface area contributed by atoms with E-state index in [1.54, 1.807) is 12.1 Å². The lowest BCUT2D eigenvalue weighted by atomic mass is 10.1. The Hall–Kier alpha value is -1.55. The SMILES string of the molecule is CCn1c(C2CCCC2)nc(-c2ccc(Cl)c(F)c2)c1N. The molecule has 112 valence electrons. The summed E-state index contributed by atoms with van der Waals surface area (Å²) in [5.41, 5.74) is 7.59. The molecule has 1 aliphatic carbocycles. The van der Waals surface area contributed by atoms with Crippen molar-refractivity contribution in [3.8, 4) is 11.3 Å². The average Bonchev–Trinajstić information content (AvgIpc) is 3.09. The molecule has 1 saturated carbocycles. The van der Waals surface area contributed by atoms with Crippen LogP contribution in [0.4, 0.5) is 10.2 Å². The molecule has 0 radical (unpaired) electrons. The Labute approximate surface area is 128 Å². The third-order valence-electron chi connectivity index (χ3n) is 4.27. The van der Waals surface area contributed by atoms with Crippen LogP contribution in [0.25, 0.3) is 11.3 Å². The minimum Gasteiger partial charge on any atom is -0.383 e. The zero-order valence-corrected chi connectivity index (χ0v) is 12.8. The maximum Gasteiger partial charge on any atom is 0.142 e. The number of nitrogen functional groups attached to an aromatic ring is 1. The van der Waals surface area contributed by atoms with E-state index in [-0.39, 0.29) is 5.02 Å². The minimum atomic E-state index is -0.443. The van der Waals surface area contributed by atoms with Crippen molar-refractivity contribution in [2.45, 2.75) is 45.1 Å². The van der Waals surface area contributed by atoms with Crippen molar-refractivity contribution >= 4 is 17.4 Å². The van der Waals surface area contributed by atoms with Gasteiger partial charge in [0.05, 0.1) is 5.02 Å². The van der Waals surface area contributed by atoms with Gasteiger partial charge in [-0.2, -0.15) is 0 Å². The summed E-state index contributed by atoms with van der Waals surface area (Å²) in [7, 11) is 0. The highest BCUT2D eigenvalue weighted by atomic mass is 35.5. The van der Waals surface area contributed by atoms with E-state index in [0.29, 0.717) is 23.0 Å².